The minimum atomic E-state index is -3.50. The molecule has 0 radical (unpaired) electrons. The minimum Gasteiger partial charge on any atom is -0.473 e. The third-order valence-electron chi connectivity index (χ3n) is 3.63. The minimum absolute atomic E-state index is 0.205. The van der Waals surface area contributed by atoms with Crippen molar-refractivity contribution in [3.63, 3.8) is 0 Å². The van der Waals surface area contributed by atoms with Crippen LogP contribution in [0.4, 0.5) is 0 Å². The van der Waals surface area contributed by atoms with Crippen molar-refractivity contribution in [2.45, 2.75) is 23.8 Å². The molecule has 2 aromatic rings. The largest absolute Gasteiger partial charge is 0.473 e. The van der Waals surface area contributed by atoms with Crippen molar-refractivity contribution in [2.24, 2.45) is 0 Å². The van der Waals surface area contributed by atoms with E-state index in [-0.39, 0.29) is 6.10 Å². The molecule has 0 saturated carbocycles. The second kappa shape index (κ2) is 6.94. The van der Waals surface area contributed by atoms with E-state index in [9.17, 15) is 8.42 Å². The van der Waals surface area contributed by atoms with Crippen molar-refractivity contribution >= 4 is 26.0 Å². The molecule has 1 aliphatic heterocycles. The number of piperidine rings is 1. The van der Waals surface area contributed by atoms with Gasteiger partial charge in [0.25, 0.3) is 0 Å². The fourth-order valence-corrected chi connectivity index (χ4v) is 4.27. The maximum Gasteiger partial charge on any atom is 0.243 e. The highest BCUT2D eigenvalue weighted by Crippen LogP contribution is 2.24. The summed E-state index contributed by atoms with van der Waals surface area (Å²) >= 11 is 3.31. The fourth-order valence-electron chi connectivity index (χ4n) is 2.49. The molecule has 23 heavy (non-hydrogen) atoms. The summed E-state index contributed by atoms with van der Waals surface area (Å²) < 4.78 is 33.5. The van der Waals surface area contributed by atoms with E-state index in [1.807, 2.05) is 0 Å². The van der Waals surface area contributed by atoms with E-state index in [2.05, 4.69) is 25.9 Å². The van der Waals surface area contributed by atoms with Crippen LogP contribution < -0.4 is 4.74 Å². The molecule has 0 amide bonds. The molecule has 6 nitrogen and oxygen atoms in total. The fraction of sp³-hybridized carbons (Fsp3) is 0.333. The van der Waals surface area contributed by atoms with E-state index in [1.54, 1.807) is 36.5 Å². The number of benzene rings is 1. The van der Waals surface area contributed by atoms with E-state index >= 15 is 0 Å². The van der Waals surface area contributed by atoms with Crippen LogP contribution >= 0.6 is 15.9 Å². The smallest absolute Gasteiger partial charge is 0.243 e. The van der Waals surface area contributed by atoms with Crippen molar-refractivity contribution < 1.29 is 13.2 Å². The van der Waals surface area contributed by atoms with Crippen LogP contribution in [-0.2, 0) is 10.0 Å². The first kappa shape index (κ1) is 16.4. The predicted octanol–water partition coefficient (Wildman–Crippen LogP) is 2.47. The van der Waals surface area contributed by atoms with Gasteiger partial charge in [0.15, 0.2) is 0 Å². The second-order valence-electron chi connectivity index (χ2n) is 5.25. The number of rotatable bonds is 4. The van der Waals surface area contributed by atoms with Crippen LogP contribution in [0.1, 0.15) is 12.8 Å². The van der Waals surface area contributed by atoms with Gasteiger partial charge in [0.1, 0.15) is 12.4 Å². The summed E-state index contributed by atoms with van der Waals surface area (Å²) in [5.41, 5.74) is 0. The first-order valence-electron chi connectivity index (χ1n) is 7.24. The molecule has 1 aromatic heterocycles. The molecule has 3 rings (SSSR count). The number of ether oxygens (including phenoxy) is 1. The highest BCUT2D eigenvalue weighted by molar-refractivity contribution is 9.10. The van der Waals surface area contributed by atoms with Gasteiger partial charge in [-0.2, -0.15) is 4.31 Å². The summed E-state index contributed by atoms with van der Waals surface area (Å²) in [5.74, 6) is 0.466. The quantitative estimate of drug-likeness (QED) is 0.791. The molecule has 0 spiro atoms. The number of aromatic nitrogens is 2. The molecule has 1 aromatic carbocycles. The molecular weight excluding hydrogens is 382 g/mol. The van der Waals surface area contributed by atoms with Gasteiger partial charge in [-0.3, -0.25) is 0 Å². The van der Waals surface area contributed by atoms with E-state index in [0.717, 1.165) is 17.3 Å². The molecule has 1 aliphatic rings. The third-order valence-corrected chi connectivity index (χ3v) is 6.04. The maximum absolute atomic E-state index is 12.7. The van der Waals surface area contributed by atoms with Crippen molar-refractivity contribution in [2.75, 3.05) is 13.1 Å². The average Bonchev–Trinajstić information content (AvgIpc) is 2.56. The first-order chi connectivity index (χ1) is 11.1. The lowest BCUT2D eigenvalue weighted by atomic mass is 10.1. The summed E-state index contributed by atoms with van der Waals surface area (Å²) in [4.78, 5) is 8.15. The highest BCUT2D eigenvalue weighted by Gasteiger charge is 2.31. The van der Waals surface area contributed by atoms with Gasteiger partial charge >= 0.3 is 0 Å². The van der Waals surface area contributed by atoms with Gasteiger partial charge in [0, 0.05) is 23.3 Å². The molecular formula is C15H16BrN3O3S. The lowest BCUT2D eigenvalue weighted by molar-refractivity contribution is 0.124. The van der Waals surface area contributed by atoms with Gasteiger partial charge in [-0.1, -0.05) is 15.9 Å². The summed E-state index contributed by atoms with van der Waals surface area (Å²) in [6, 6.07) is 8.34. The maximum atomic E-state index is 12.7. The predicted molar refractivity (Wildman–Crippen MR) is 88.6 cm³/mol. The number of nitrogens with zero attached hydrogens (tertiary/aromatic N) is 3. The Bertz CT molecular complexity index is 753. The molecule has 8 heteroatoms. The zero-order valence-electron chi connectivity index (χ0n) is 12.3. The summed E-state index contributed by atoms with van der Waals surface area (Å²) in [6.07, 6.45) is 4.36. The molecule has 0 aliphatic carbocycles. The van der Waals surface area contributed by atoms with Crippen LogP contribution in [0.2, 0.25) is 0 Å². The van der Waals surface area contributed by atoms with Crippen LogP contribution in [0.3, 0.4) is 0 Å². The number of hydrogen-bond acceptors (Lipinski definition) is 5. The molecule has 0 bridgehead atoms. The van der Waals surface area contributed by atoms with E-state index in [4.69, 9.17) is 4.74 Å². The first-order valence-corrected chi connectivity index (χ1v) is 9.47. The highest BCUT2D eigenvalue weighted by atomic mass is 79.9. The van der Waals surface area contributed by atoms with Crippen molar-refractivity contribution in [3.05, 3.63) is 47.3 Å². The number of sulfonamides is 1. The van der Waals surface area contributed by atoms with Gasteiger partial charge in [-0.05, 0) is 37.1 Å². The van der Waals surface area contributed by atoms with Crippen LogP contribution in [-0.4, -0.2) is 41.9 Å². The van der Waals surface area contributed by atoms with Gasteiger partial charge in [0.05, 0.1) is 11.4 Å². The van der Waals surface area contributed by atoms with E-state index in [1.165, 1.54) is 10.6 Å². The lowest BCUT2D eigenvalue weighted by Crippen LogP contribution is -2.44. The zero-order valence-corrected chi connectivity index (χ0v) is 14.7. The van der Waals surface area contributed by atoms with E-state index < -0.39 is 10.0 Å². The van der Waals surface area contributed by atoms with Crippen LogP contribution in [0.15, 0.2) is 52.2 Å². The van der Waals surface area contributed by atoms with Crippen LogP contribution in [0, 0.1) is 0 Å². The third kappa shape index (κ3) is 3.88. The van der Waals surface area contributed by atoms with E-state index in [0.29, 0.717) is 23.9 Å². The number of hydrogen-bond donors (Lipinski definition) is 0. The Morgan fingerprint density at radius 2 is 2.00 bits per heavy atom. The Morgan fingerprint density at radius 3 is 2.70 bits per heavy atom. The monoisotopic (exact) mass is 397 g/mol. The van der Waals surface area contributed by atoms with Crippen LogP contribution in [0.25, 0.3) is 0 Å². The second-order valence-corrected chi connectivity index (χ2v) is 8.10. The molecule has 2 heterocycles. The molecule has 122 valence electrons. The summed E-state index contributed by atoms with van der Waals surface area (Å²) in [7, 11) is -3.50. The average molecular weight is 398 g/mol. The van der Waals surface area contributed by atoms with Gasteiger partial charge in [-0.15, -0.1) is 0 Å². The summed E-state index contributed by atoms with van der Waals surface area (Å²) in [6.45, 7) is 0.824. The molecule has 1 unspecified atom stereocenters. The molecule has 1 fully saturated rings. The Balaban J connectivity index is 1.74. The summed E-state index contributed by atoms with van der Waals surface area (Å²) in [5, 5.41) is 0. The topological polar surface area (TPSA) is 72.4 Å². The lowest BCUT2D eigenvalue weighted by Gasteiger charge is -2.31. The van der Waals surface area contributed by atoms with Gasteiger partial charge in [-0.25, -0.2) is 18.4 Å². The SMILES string of the molecule is O=S(=O)(c1ccc(Br)cc1)N1CCCC(Oc2ccncn2)C1. The van der Waals surface area contributed by atoms with Crippen LogP contribution in [0.5, 0.6) is 5.88 Å². The number of halogens is 1. The van der Waals surface area contributed by atoms with Crippen molar-refractivity contribution in [1.82, 2.24) is 14.3 Å². The standard InChI is InChI=1S/C15H16BrN3O3S/c16-12-3-5-14(6-4-12)23(20,21)19-9-1-2-13(10-19)22-15-7-8-17-11-18-15/h3-8,11,13H,1-2,9-10H2. The zero-order chi connectivity index (χ0) is 16.3. The van der Waals surface area contributed by atoms with Gasteiger partial charge in [0.2, 0.25) is 15.9 Å². The normalized spacial score (nSPS) is 19.4. The Kier molecular flexibility index (Phi) is 4.93. The molecule has 0 N–H and O–H groups in total. The Morgan fingerprint density at radius 1 is 1.22 bits per heavy atom. The van der Waals surface area contributed by atoms with Crippen molar-refractivity contribution in [1.29, 1.82) is 0 Å². The molecule has 1 saturated heterocycles. The van der Waals surface area contributed by atoms with Gasteiger partial charge < -0.3 is 4.74 Å². The molecule has 1 atom stereocenters. The Labute approximate surface area is 143 Å². The van der Waals surface area contributed by atoms with Crippen molar-refractivity contribution in [3.8, 4) is 5.88 Å². The Hall–Kier alpha value is -1.51.